The molecule has 14 heavy (non-hydrogen) atoms. The van der Waals surface area contributed by atoms with Crippen LogP contribution >= 0.6 is 0 Å². The predicted molar refractivity (Wildman–Crippen MR) is 56.9 cm³/mol. The molecule has 1 nitrogen and oxygen atoms in total. The highest BCUT2D eigenvalue weighted by Gasteiger charge is 2.61. The van der Waals surface area contributed by atoms with Crippen molar-refractivity contribution >= 4 is 0 Å². The van der Waals surface area contributed by atoms with Crippen molar-refractivity contribution in [3.8, 4) is 0 Å². The first-order valence-corrected chi connectivity index (χ1v) is 6.25. The normalized spacial score (nSPS) is 49.9. The summed E-state index contributed by atoms with van der Waals surface area (Å²) >= 11 is 0. The summed E-state index contributed by atoms with van der Waals surface area (Å²) in [5, 5.41) is 10.7. The van der Waals surface area contributed by atoms with Crippen LogP contribution in [0.3, 0.4) is 0 Å². The molecule has 3 atom stereocenters. The van der Waals surface area contributed by atoms with Gasteiger partial charge in [-0.25, -0.2) is 0 Å². The van der Waals surface area contributed by atoms with Gasteiger partial charge in [0.25, 0.3) is 0 Å². The second-order valence-electron chi connectivity index (χ2n) is 6.60. The fourth-order valence-corrected chi connectivity index (χ4v) is 4.08. The lowest BCUT2D eigenvalue weighted by atomic mass is 9.43. The maximum atomic E-state index is 10.7. The van der Waals surface area contributed by atoms with E-state index in [4.69, 9.17) is 0 Å². The molecule has 0 amide bonds. The van der Waals surface area contributed by atoms with Gasteiger partial charge in [-0.3, -0.25) is 0 Å². The van der Waals surface area contributed by atoms with Gasteiger partial charge in [0.1, 0.15) is 0 Å². The lowest BCUT2D eigenvalue weighted by Gasteiger charge is -2.63. The van der Waals surface area contributed by atoms with Gasteiger partial charge in [-0.15, -0.1) is 0 Å². The Labute approximate surface area is 86.9 Å². The Bertz CT molecular complexity index is 252. The Morgan fingerprint density at radius 3 is 2.43 bits per heavy atom. The molecule has 4 saturated carbocycles. The van der Waals surface area contributed by atoms with E-state index in [0.29, 0.717) is 11.3 Å². The molecule has 0 aliphatic heterocycles. The van der Waals surface area contributed by atoms with Crippen LogP contribution in [0, 0.1) is 23.2 Å². The van der Waals surface area contributed by atoms with Crippen LogP contribution in [0.25, 0.3) is 0 Å². The number of rotatable bonds is 2. The third-order valence-electron chi connectivity index (χ3n) is 5.38. The van der Waals surface area contributed by atoms with Gasteiger partial charge in [-0.05, 0) is 48.9 Å². The predicted octanol–water partition coefficient (Wildman–Crippen LogP) is 2.97. The minimum Gasteiger partial charge on any atom is -0.390 e. The van der Waals surface area contributed by atoms with E-state index in [1.807, 2.05) is 0 Å². The first-order chi connectivity index (χ1) is 6.52. The topological polar surface area (TPSA) is 20.2 Å². The summed E-state index contributed by atoms with van der Waals surface area (Å²) in [6.07, 6.45) is 7.51. The third kappa shape index (κ3) is 1.11. The van der Waals surface area contributed by atoms with Crippen molar-refractivity contribution in [2.45, 2.75) is 58.0 Å². The Morgan fingerprint density at radius 1 is 1.21 bits per heavy atom. The summed E-state index contributed by atoms with van der Waals surface area (Å²) in [5.41, 5.74) is 0.154. The monoisotopic (exact) mass is 194 g/mol. The van der Waals surface area contributed by atoms with Crippen LogP contribution in [-0.2, 0) is 0 Å². The van der Waals surface area contributed by atoms with E-state index in [2.05, 4.69) is 13.8 Å². The van der Waals surface area contributed by atoms with Crippen molar-refractivity contribution in [1.82, 2.24) is 0 Å². The lowest BCUT2D eigenvalue weighted by Crippen LogP contribution is -2.61. The highest BCUT2D eigenvalue weighted by atomic mass is 16.3. The summed E-state index contributed by atoms with van der Waals surface area (Å²) in [7, 11) is 0. The molecule has 4 aliphatic rings. The quantitative estimate of drug-likeness (QED) is 0.716. The Hall–Kier alpha value is -0.0400. The third-order valence-corrected chi connectivity index (χ3v) is 5.38. The second kappa shape index (κ2) is 2.55. The zero-order chi connectivity index (χ0) is 9.97. The van der Waals surface area contributed by atoms with Crippen LogP contribution in [0.5, 0.6) is 0 Å². The van der Waals surface area contributed by atoms with E-state index in [0.717, 1.165) is 24.7 Å². The molecule has 0 saturated heterocycles. The first-order valence-electron chi connectivity index (χ1n) is 6.25. The fourth-order valence-electron chi connectivity index (χ4n) is 4.08. The summed E-state index contributed by atoms with van der Waals surface area (Å²) in [6, 6.07) is 0. The molecule has 3 unspecified atom stereocenters. The van der Waals surface area contributed by atoms with Crippen molar-refractivity contribution in [2.75, 3.05) is 0 Å². The molecule has 4 aliphatic carbocycles. The van der Waals surface area contributed by atoms with Gasteiger partial charge in [0, 0.05) is 0 Å². The van der Waals surface area contributed by atoms with Crippen molar-refractivity contribution in [3.05, 3.63) is 0 Å². The van der Waals surface area contributed by atoms with Crippen LogP contribution in [0.2, 0.25) is 0 Å². The zero-order valence-electron chi connectivity index (χ0n) is 9.42. The van der Waals surface area contributed by atoms with Gasteiger partial charge in [0.2, 0.25) is 0 Å². The minimum absolute atomic E-state index is 0.278. The number of hydrogen-bond acceptors (Lipinski definition) is 1. The van der Waals surface area contributed by atoms with Crippen LogP contribution in [-0.4, -0.2) is 10.7 Å². The number of hydrogen-bond donors (Lipinski definition) is 1. The van der Waals surface area contributed by atoms with E-state index in [-0.39, 0.29) is 5.60 Å². The van der Waals surface area contributed by atoms with Gasteiger partial charge >= 0.3 is 0 Å². The molecule has 0 aromatic heterocycles. The summed E-state index contributed by atoms with van der Waals surface area (Å²) < 4.78 is 0. The van der Waals surface area contributed by atoms with Crippen molar-refractivity contribution in [2.24, 2.45) is 23.2 Å². The Kier molecular flexibility index (Phi) is 1.68. The highest BCUT2D eigenvalue weighted by molar-refractivity contribution is 5.11. The van der Waals surface area contributed by atoms with Gasteiger partial charge < -0.3 is 5.11 Å². The van der Waals surface area contributed by atoms with Gasteiger partial charge in [0.15, 0.2) is 0 Å². The number of aliphatic hydroxyl groups is 1. The van der Waals surface area contributed by atoms with E-state index in [1.165, 1.54) is 25.7 Å². The molecule has 0 radical (unpaired) electrons. The molecule has 0 spiro atoms. The molecule has 80 valence electrons. The largest absolute Gasteiger partial charge is 0.390 e. The van der Waals surface area contributed by atoms with E-state index >= 15 is 0 Å². The van der Waals surface area contributed by atoms with Crippen molar-refractivity contribution in [3.63, 3.8) is 0 Å². The molecule has 0 heterocycles. The van der Waals surface area contributed by atoms with E-state index < -0.39 is 0 Å². The van der Waals surface area contributed by atoms with Crippen LogP contribution in [0.15, 0.2) is 0 Å². The Balaban J connectivity index is 1.78. The van der Waals surface area contributed by atoms with Crippen LogP contribution in [0.4, 0.5) is 0 Å². The first kappa shape index (κ1) is 9.21. The fraction of sp³-hybridized carbons (Fsp3) is 1.00. The summed E-state index contributed by atoms with van der Waals surface area (Å²) in [5.74, 6) is 2.38. The molecular weight excluding hydrogens is 172 g/mol. The smallest absolute Gasteiger partial charge is 0.0683 e. The molecule has 1 heteroatoms. The average Bonchev–Trinajstić information content (AvgIpc) is 2.86. The molecule has 4 rings (SSSR count). The van der Waals surface area contributed by atoms with E-state index in [9.17, 15) is 5.11 Å². The molecule has 0 aromatic carbocycles. The second-order valence-corrected chi connectivity index (χ2v) is 6.60. The maximum absolute atomic E-state index is 10.7. The molecule has 2 bridgehead atoms. The highest BCUT2D eigenvalue weighted by Crippen LogP contribution is 2.64. The average molecular weight is 194 g/mol. The molecule has 4 fully saturated rings. The molecule has 1 N–H and O–H groups in total. The SMILES string of the molecule is CC1(C)C2CCC(O)(CC3CC3)C1C2. The van der Waals surface area contributed by atoms with Gasteiger partial charge in [-0.1, -0.05) is 26.7 Å². The van der Waals surface area contributed by atoms with Crippen LogP contribution in [0.1, 0.15) is 52.4 Å². The maximum Gasteiger partial charge on any atom is 0.0683 e. The van der Waals surface area contributed by atoms with Crippen molar-refractivity contribution < 1.29 is 5.11 Å². The summed E-state index contributed by atoms with van der Waals surface area (Å²) in [4.78, 5) is 0. The van der Waals surface area contributed by atoms with Crippen molar-refractivity contribution in [1.29, 1.82) is 0 Å². The summed E-state index contributed by atoms with van der Waals surface area (Å²) in [6.45, 7) is 4.73. The lowest BCUT2D eigenvalue weighted by molar-refractivity contribution is -0.206. The zero-order valence-corrected chi connectivity index (χ0v) is 9.42. The van der Waals surface area contributed by atoms with E-state index in [1.54, 1.807) is 0 Å². The van der Waals surface area contributed by atoms with Crippen LogP contribution < -0.4 is 0 Å². The molecular formula is C13H22O. The Morgan fingerprint density at radius 2 is 1.93 bits per heavy atom. The molecule has 0 aromatic rings. The number of fused-ring (bicyclic) bond motifs is 2. The van der Waals surface area contributed by atoms with Gasteiger partial charge in [0.05, 0.1) is 5.60 Å². The minimum atomic E-state index is -0.278. The standard InChI is InChI=1S/C13H22O/c1-12(2)10-5-6-13(14,11(12)7-10)8-9-3-4-9/h9-11,14H,3-8H2,1-2H3. The van der Waals surface area contributed by atoms with Gasteiger partial charge in [-0.2, -0.15) is 0 Å².